The van der Waals surface area contributed by atoms with Crippen LogP contribution in [0.25, 0.3) is 10.1 Å². The Balaban J connectivity index is 1.53. The number of fused-ring (bicyclic) bond motifs is 1. The highest BCUT2D eigenvalue weighted by atomic mass is 35.5. The van der Waals surface area contributed by atoms with E-state index < -0.39 is 0 Å². The summed E-state index contributed by atoms with van der Waals surface area (Å²) >= 11 is 7.91. The molecule has 1 atom stereocenters. The number of carbonyl (C=O) groups excluding carboxylic acids is 1. The van der Waals surface area contributed by atoms with Crippen LogP contribution in [0.1, 0.15) is 39.9 Å². The number of hydrogen-bond donors (Lipinski definition) is 1. The Morgan fingerprint density at radius 2 is 2.15 bits per heavy atom. The molecule has 0 unspecified atom stereocenters. The van der Waals surface area contributed by atoms with Crippen molar-refractivity contribution in [3.63, 3.8) is 0 Å². The van der Waals surface area contributed by atoms with Crippen molar-refractivity contribution in [1.29, 1.82) is 0 Å². The highest BCUT2D eigenvalue weighted by Crippen LogP contribution is 2.36. The van der Waals surface area contributed by atoms with Gasteiger partial charge in [-0.15, -0.1) is 11.3 Å². The molecule has 4 nitrogen and oxygen atoms in total. The van der Waals surface area contributed by atoms with Gasteiger partial charge in [-0.2, -0.15) is 0 Å². The zero-order valence-electron chi connectivity index (χ0n) is 14.6. The minimum absolute atomic E-state index is 0.0619. The second kappa shape index (κ2) is 7.43. The average molecular weight is 389 g/mol. The Bertz CT molecular complexity index is 913. The molecule has 4 rings (SSSR count). The van der Waals surface area contributed by atoms with Gasteiger partial charge in [0.25, 0.3) is 5.91 Å². The lowest BCUT2D eigenvalue weighted by molar-refractivity contribution is 0.0938. The summed E-state index contributed by atoms with van der Waals surface area (Å²) in [5, 5.41) is 4.55. The molecule has 2 aromatic heterocycles. The largest absolute Gasteiger partial charge is 0.468 e. The van der Waals surface area contributed by atoms with Gasteiger partial charge in [-0.3, -0.25) is 9.69 Å². The Kier molecular flexibility index (Phi) is 5.02. The number of thiophene rings is 1. The van der Waals surface area contributed by atoms with Crippen molar-refractivity contribution in [1.82, 2.24) is 10.2 Å². The van der Waals surface area contributed by atoms with Crippen LogP contribution in [0, 0.1) is 6.92 Å². The van der Waals surface area contributed by atoms with Gasteiger partial charge >= 0.3 is 0 Å². The minimum atomic E-state index is -0.121. The van der Waals surface area contributed by atoms with E-state index in [0.29, 0.717) is 16.4 Å². The van der Waals surface area contributed by atoms with Crippen LogP contribution in [-0.2, 0) is 0 Å². The molecule has 0 bridgehead atoms. The molecule has 0 saturated carbocycles. The summed E-state index contributed by atoms with van der Waals surface area (Å²) in [5.74, 6) is 0.773. The maximum absolute atomic E-state index is 12.8. The van der Waals surface area contributed by atoms with Crippen LogP contribution < -0.4 is 5.32 Å². The number of carbonyl (C=O) groups is 1. The van der Waals surface area contributed by atoms with E-state index in [9.17, 15) is 4.79 Å². The van der Waals surface area contributed by atoms with Crippen molar-refractivity contribution in [2.24, 2.45) is 0 Å². The predicted molar refractivity (Wildman–Crippen MR) is 106 cm³/mol. The molecule has 1 aliphatic heterocycles. The third-order valence-electron chi connectivity index (χ3n) is 4.90. The summed E-state index contributed by atoms with van der Waals surface area (Å²) in [6.07, 6.45) is 4.06. The maximum atomic E-state index is 12.8. The van der Waals surface area contributed by atoms with Crippen LogP contribution in [0.3, 0.4) is 0 Å². The van der Waals surface area contributed by atoms with Crippen LogP contribution in [-0.4, -0.2) is 30.4 Å². The molecular formula is C20H21ClN2O2S. The fourth-order valence-electron chi connectivity index (χ4n) is 3.53. The molecule has 1 fully saturated rings. The smallest absolute Gasteiger partial charge is 0.263 e. The normalized spacial score (nSPS) is 16.2. The molecule has 0 spiro atoms. The van der Waals surface area contributed by atoms with Gasteiger partial charge in [0.1, 0.15) is 10.6 Å². The summed E-state index contributed by atoms with van der Waals surface area (Å²) < 4.78 is 6.66. The molecule has 3 heterocycles. The van der Waals surface area contributed by atoms with Crippen LogP contribution in [0.2, 0.25) is 5.02 Å². The molecule has 1 aliphatic rings. The SMILES string of the molecule is Cc1ccc2c(Cl)c(C(=O)NC[C@@H](c3ccco3)N3CCCC3)sc2c1. The number of hydrogen-bond acceptors (Lipinski definition) is 4. The monoisotopic (exact) mass is 388 g/mol. The molecule has 6 heteroatoms. The number of amides is 1. The first kappa shape index (κ1) is 17.6. The Morgan fingerprint density at radius 1 is 1.35 bits per heavy atom. The fraction of sp³-hybridized carbons (Fsp3) is 0.350. The van der Waals surface area contributed by atoms with Crippen LogP contribution >= 0.6 is 22.9 Å². The minimum Gasteiger partial charge on any atom is -0.468 e. The maximum Gasteiger partial charge on any atom is 0.263 e. The molecule has 0 aliphatic carbocycles. The first-order chi connectivity index (χ1) is 12.6. The first-order valence-electron chi connectivity index (χ1n) is 8.88. The van der Waals surface area contributed by atoms with Crippen molar-refractivity contribution in [3.8, 4) is 0 Å². The molecular weight excluding hydrogens is 368 g/mol. The Hall–Kier alpha value is -1.82. The van der Waals surface area contributed by atoms with Crippen molar-refractivity contribution in [2.75, 3.05) is 19.6 Å². The van der Waals surface area contributed by atoms with E-state index in [2.05, 4.69) is 16.3 Å². The van der Waals surface area contributed by atoms with E-state index >= 15 is 0 Å². The zero-order chi connectivity index (χ0) is 18.1. The number of nitrogens with zero attached hydrogens (tertiary/aromatic N) is 1. The summed E-state index contributed by atoms with van der Waals surface area (Å²) in [4.78, 5) is 15.7. The van der Waals surface area contributed by atoms with E-state index in [0.717, 1.165) is 34.5 Å². The van der Waals surface area contributed by atoms with E-state index in [1.165, 1.54) is 24.2 Å². The summed E-state index contributed by atoms with van der Waals surface area (Å²) in [7, 11) is 0. The number of rotatable bonds is 5. The van der Waals surface area contributed by atoms with Gasteiger partial charge in [-0.05, 0) is 56.6 Å². The van der Waals surface area contributed by atoms with Gasteiger partial charge in [-0.1, -0.05) is 23.7 Å². The number of aryl methyl sites for hydroxylation is 1. The molecule has 0 radical (unpaired) electrons. The van der Waals surface area contributed by atoms with Gasteiger partial charge in [0.05, 0.1) is 17.3 Å². The van der Waals surface area contributed by atoms with Gasteiger partial charge in [0.15, 0.2) is 0 Å². The van der Waals surface area contributed by atoms with Crippen LogP contribution in [0.4, 0.5) is 0 Å². The number of furan rings is 1. The lowest BCUT2D eigenvalue weighted by atomic mass is 10.2. The second-order valence-corrected chi connectivity index (χ2v) is 8.16. The summed E-state index contributed by atoms with van der Waals surface area (Å²) in [6, 6.07) is 10.00. The van der Waals surface area contributed by atoms with E-state index in [1.807, 2.05) is 31.2 Å². The van der Waals surface area contributed by atoms with Gasteiger partial charge in [0.2, 0.25) is 0 Å². The summed E-state index contributed by atoms with van der Waals surface area (Å²) in [5.41, 5.74) is 1.16. The Labute approximate surface area is 161 Å². The molecule has 1 aromatic carbocycles. The van der Waals surface area contributed by atoms with Gasteiger partial charge < -0.3 is 9.73 Å². The second-order valence-electron chi connectivity index (χ2n) is 6.73. The molecule has 26 heavy (non-hydrogen) atoms. The Morgan fingerprint density at radius 3 is 2.88 bits per heavy atom. The third-order valence-corrected chi connectivity index (χ3v) is 6.56. The number of nitrogens with one attached hydrogen (secondary N) is 1. The summed E-state index contributed by atoms with van der Waals surface area (Å²) in [6.45, 7) is 4.61. The standard InChI is InChI=1S/C20H21ClN2O2S/c1-13-6-7-14-17(11-13)26-19(18(14)21)20(24)22-12-15(16-5-4-10-25-16)23-8-2-3-9-23/h4-7,10-11,15H,2-3,8-9,12H2,1H3,(H,22,24)/t15-/m0/s1. The third kappa shape index (κ3) is 3.39. The van der Waals surface area contributed by atoms with Gasteiger partial charge in [0, 0.05) is 16.6 Å². The van der Waals surface area contributed by atoms with Crippen molar-refractivity contribution in [2.45, 2.75) is 25.8 Å². The number of benzene rings is 1. The number of halogens is 1. The molecule has 3 aromatic rings. The van der Waals surface area contributed by atoms with E-state index in [4.69, 9.17) is 16.0 Å². The highest BCUT2D eigenvalue weighted by molar-refractivity contribution is 7.21. The molecule has 1 amide bonds. The molecule has 1 saturated heterocycles. The number of likely N-dealkylation sites (tertiary alicyclic amines) is 1. The fourth-order valence-corrected chi connectivity index (χ4v) is 5.06. The van der Waals surface area contributed by atoms with Crippen LogP contribution in [0.15, 0.2) is 41.0 Å². The van der Waals surface area contributed by atoms with Gasteiger partial charge in [-0.25, -0.2) is 0 Å². The van der Waals surface area contributed by atoms with Crippen molar-refractivity contribution in [3.05, 3.63) is 57.8 Å². The van der Waals surface area contributed by atoms with E-state index in [1.54, 1.807) is 6.26 Å². The topological polar surface area (TPSA) is 45.5 Å². The lowest BCUT2D eigenvalue weighted by Gasteiger charge is -2.25. The highest BCUT2D eigenvalue weighted by Gasteiger charge is 2.27. The predicted octanol–water partition coefficient (Wildman–Crippen LogP) is 5.02. The van der Waals surface area contributed by atoms with Crippen molar-refractivity contribution >= 4 is 38.9 Å². The average Bonchev–Trinajstić information content (AvgIpc) is 3.37. The zero-order valence-corrected chi connectivity index (χ0v) is 16.2. The lowest BCUT2D eigenvalue weighted by Crippen LogP contribution is -2.36. The molecule has 1 N–H and O–H groups in total. The van der Waals surface area contributed by atoms with Crippen LogP contribution in [0.5, 0.6) is 0 Å². The van der Waals surface area contributed by atoms with Crippen molar-refractivity contribution < 1.29 is 9.21 Å². The quantitative estimate of drug-likeness (QED) is 0.667. The first-order valence-corrected chi connectivity index (χ1v) is 10.1. The molecule has 136 valence electrons. The van der Waals surface area contributed by atoms with E-state index in [-0.39, 0.29) is 11.9 Å².